The van der Waals surface area contributed by atoms with E-state index < -0.39 is 5.67 Å². The molecule has 0 amide bonds. The lowest BCUT2D eigenvalue weighted by Gasteiger charge is -2.52. The first-order valence-corrected chi connectivity index (χ1v) is 4.52. The molecule has 0 atom stereocenters. The Bertz CT molecular complexity index is 161. The van der Waals surface area contributed by atoms with Gasteiger partial charge >= 0.3 is 0 Å². The standard InChI is InChI=1S/C9H16FN/c1-7(2)11-5-8-3-9(10,4-8)6-11/h7-8H,3-6H2,1-2H3. The van der Waals surface area contributed by atoms with Crippen LogP contribution in [0, 0.1) is 5.92 Å². The van der Waals surface area contributed by atoms with Crippen LogP contribution >= 0.6 is 0 Å². The monoisotopic (exact) mass is 157 g/mol. The van der Waals surface area contributed by atoms with Gasteiger partial charge in [-0.2, -0.15) is 0 Å². The third-order valence-electron chi connectivity index (χ3n) is 3.02. The second-order valence-corrected chi connectivity index (χ2v) is 4.45. The molecule has 1 nitrogen and oxygen atoms in total. The van der Waals surface area contributed by atoms with E-state index in [1.54, 1.807) is 0 Å². The average Bonchev–Trinajstić information content (AvgIpc) is 1.84. The van der Waals surface area contributed by atoms with E-state index >= 15 is 0 Å². The molecule has 3 rings (SSSR count). The molecule has 0 spiro atoms. The highest BCUT2D eigenvalue weighted by atomic mass is 19.1. The molecule has 0 aromatic heterocycles. The van der Waals surface area contributed by atoms with Crippen molar-refractivity contribution in [3.63, 3.8) is 0 Å². The van der Waals surface area contributed by atoms with Gasteiger partial charge in [0.25, 0.3) is 0 Å². The lowest BCUT2D eigenvalue weighted by Crippen LogP contribution is -2.60. The van der Waals surface area contributed by atoms with Crippen molar-refractivity contribution in [2.45, 2.75) is 38.4 Å². The van der Waals surface area contributed by atoms with E-state index in [2.05, 4.69) is 18.7 Å². The molecule has 3 aliphatic rings. The Morgan fingerprint density at radius 1 is 1.45 bits per heavy atom. The van der Waals surface area contributed by atoms with Gasteiger partial charge in [0.15, 0.2) is 0 Å². The summed E-state index contributed by atoms with van der Waals surface area (Å²) in [5, 5.41) is 0. The summed E-state index contributed by atoms with van der Waals surface area (Å²) in [4.78, 5) is 2.26. The fourth-order valence-corrected chi connectivity index (χ4v) is 2.39. The quantitative estimate of drug-likeness (QED) is 0.561. The van der Waals surface area contributed by atoms with Gasteiger partial charge in [-0.25, -0.2) is 4.39 Å². The topological polar surface area (TPSA) is 3.24 Å². The lowest BCUT2D eigenvalue weighted by atomic mass is 9.68. The van der Waals surface area contributed by atoms with E-state index in [1.165, 1.54) is 0 Å². The molecule has 2 bridgehead atoms. The molecular formula is C9H16FN. The maximum Gasteiger partial charge on any atom is 0.124 e. The Morgan fingerprint density at radius 3 is 2.45 bits per heavy atom. The summed E-state index contributed by atoms with van der Waals surface area (Å²) < 4.78 is 13.5. The summed E-state index contributed by atoms with van der Waals surface area (Å²) >= 11 is 0. The highest BCUT2D eigenvalue weighted by Gasteiger charge is 2.50. The molecule has 2 heterocycles. The van der Waals surface area contributed by atoms with Crippen LogP contribution in [0.2, 0.25) is 0 Å². The van der Waals surface area contributed by atoms with Gasteiger partial charge in [-0.15, -0.1) is 0 Å². The molecule has 1 aliphatic carbocycles. The van der Waals surface area contributed by atoms with Gasteiger partial charge in [-0.05, 0) is 32.6 Å². The second kappa shape index (κ2) is 2.19. The molecule has 2 saturated heterocycles. The van der Waals surface area contributed by atoms with E-state index in [0.29, 0.717) is 18.5 Å². The molecule has 0 aromatic carbocycles. The average molecular weight is 157 g/mol. The van der Waals surface area contributed by atoms with Crippen LogP contribution in [-0.2, 0) is 0 Å². The number of rotatable bonds is 1. The minimum atomic E-state index is -0.798. The molecular weight excluding hydrogens is 141 g/mol. The minimum absolute atomic E-state index is 0.522. The minimum Gasteiger partial charge on any atom is -0.297 e. The van der Waals surface area contributed by atoms with Gasteiger partial charge in [-0.1, -0.05) is 0 Å². The molecule has 0 N–H and O–H groups in total. The summed E-state index contributed by atoms with van der Waals surface area (Å²) in [6.45, 7) is 6.10. The number of hydrogen-bond acceptors (Lipinski definition) is 1. The van der Waals surface area contributed by atoms with E-state index in [1.807, 2.05) is 0 Å². The predicted molar refractivity (Wildman–Crippen MR) is 43.3 cm³/mol. The Kier molecular flexibility index (Phi) is 1.50. The van der Waals surface area contributed by atoms with Gasteiger partial charge < -0.3 is 0 Å². The predicted octanol–water partition coefficient (Wildman–Crippen LogP) is 1.83. The Hall–Kier alpha value is -0.110. The number of piperidine rings is 2. The third kappa shape index (κ3) is 1.18. The van der Waals surface area contributed by atoms with Crippen molar-refractivity contribution in [1.82, 2.24) is 4.90 Å². The third-order valence-corrected chi connectivity index (χ3v) is 3.02. The Labute approximate surface area is 67.6 Å². The number of nitrogens with zero attached hydrogens (tertiary/aromatic N) is 1. The molecule has 2 heteroatoms. The summed E-state index contributed by atoms with van der Waals surface area (Å²) in [6.07, 6.45) is 1.66. The molecule has 0 unspecified atom stereocenters. The van der Waals surface area contributed by atoms with Crippen LogP contribution in [-0.4, -0.2) is 29.7 Å². The summed E-state index contributed by atoms with van der Waals surface area (Å²) in [5.74, 6) is 0.663. The first-order chi connectivity index (χ1) is 5.09. The van der Waals surface area contributed by atoms with Crippen LogP contribution < -0.4 is 0 Å². The van der Waals surface area contributed by atoms with Crippen LogP contribution in [0.3, 0.4) is 0 Å². The number of halogens is 1. The van der Waals surface area contributed by atoms with E-state index in [4.69, 9.17) is 0 Å². The fraction of sp³-hybridized carbons (Fsp3) is 1.00. The normalized spacial score (nSPS) is 44.2. The van der Waals surface area contributed by atoms with Crippen molar-refractivity contribution in [2.75, 3.05) is 13.1 Å². The Balaban J connectivity index is 1.99. The molecule has 0 aromatic rings. The highest BCUT2D eigenvalue weighted by Crippen LogP contribution is 2.46. The largest absolute Gasteiger partial charge is 0.297 e. The smallest absolute Gasteiger partial charge is 0.124 e. The van der Waals surface area contributed by atoms with E-state index in [9.17, 15) is 4.39 Å². The maximum absolute atomic E-state index is 13.5. The van der Waals surface area contributed by atoms with Gasteiger partial charge in [0.05, 0.1) is 0 Å². The molecule has 11 heavy (non-hydrogen) atoms. The first kappa shape index (κ1) is 7.53. The van der Waals surface area contributed by atoms with Crippen molar-refractivity contribution in [1.29, 1.82) is 0 Å². The van der Waals surface area contributed by atoms with Gasteiger partial charge in [0.2, 0.25) is 0 Å². The summed E-state index contributed by atoms with van der Waals surface area (Å²) in [6, 6.07) is 0.522. The summed E-state index contributed by atoms with van der Waals surface area (Å²) in [5.41, 5.74) is -0.798. The van der Waals surface area contributed by atoms with Crippen molar-refractivity contribution in [2.24, 2.45) is 5.92 Å². The second-order valence-electron chi connectivity index (χ2n) is 4.45. The molecule has 64 valence electrons. The van der Waals surface area contributed by atoms with Crippen LogP contribution in [0.15, 0.2) is 0 Å². The van der Waals surface area contributed by atoms with Crippen LogP contribution in [0.1, 0.15) is 26.7 Å². The van der Waals surface area contributed by atoms with Crippen molar-refractivity contribution < 1.29 is 4.39 Å². The zero-order chi connectivity index (χ0) is 8.06. The first-order valence-electron chi connectivity index (χ1n) is 4.52. The molecule has 1 saturated carbocycles. The van der Waals surface area contributed by atoms with Crippen molar-refractivity contribution in [3.8, 4) is 0 Å². The van der Waals surface area contributed by atoms with Gasteiger partial charge in [0, 0.05) is 19.1 Å². The number of hydrogen-bond donors (Lipinski definition) is 0. The van der Waals surface area contributed by atoms with Crippen molar-refractivity contribution >= 4 is 0 Å². The fourth-order valence-electron chi connectivity index (χ4n) is 2.39. The van der Waals surface area contributed by atoms with Crippen LogP contribution in [0.25, 0.3) is 0 Å². The summed E-state index contributed by atoms with van der Waals surface area (Å²) in [7, 11) is 0. The molecule has 2 aliphatic heterocycles. The van der Waals surface area contributed by atoms with Gasteiger partial charge in [-0.3, -0.25) is 4.90 Å². The van der Waals surface area contributed by atoms with E-state index in [-0.39, 0.29) is 0 Å². The van der Waals surface area contributed by atoms with Crippen LogP contribution in [0.5, 0.6) is 0 Å². The van der Waals surface area contributed by atoms with E-state index in [0.717, 1.165) is 19.4 Å². The van der Waals surface area contributed by atoms with Crippen LogP contribution in [0.4, 0.5) is 4.39 Å². The Morgan fingerprint density at radius 2 is 2.09 bits per heavy atom. The molecule has 0 radical (unpaired) electrons. The SMILES string of the molecule is CC(C)N1CC2CC(F)(C2)C1. The lowest BCUT2D eigenvalue weighted by molar-refractivity contribution is -0.0926. The highest BCUT2D eigenvalue weighted by molar-refractivity contribution is 5.03. The molecule has 3 fully saturated rings. The number of alkyl halides is 1. The zero-order valence-corrected chi connectivity index (χ0v) is 7.31. The van der Waals surface area contributed by atoms with Crippen molar-refractivity contribution in [3.05, 3.63) is 0 Å². The maximum atomic E-state index is 13.5. The number of fused-ring (bicyclic) bond motifs is 2. The van der Waals surface area contributed by atoms with Gasteiger partial charge in [0.1, 0.15) is 5.67 Å². The zero-order valence-electron chi connectivity index (χ0n) is 7.31.